The highest BCUT2D eigenvalue weighted by Crippen LogP contribution is 2.59. The molecule has 1 spiro atoms. The van der Waals surface area contributed by atoms with Crippen LogP contribution in [0.4, 0.5) is 0 Å². The third-order valence-corrected chi connectivity index (χ3v) is 3.76. The van der Waals surface area contributed by atoms with Crippen molar-refractivity contribution in [2.75, 3.05) is 13.7 Å². The van der Waals surface area contributed by atoms with E-state index in [0.29, 0.717) is 0 Å². The summed E-state index contributed by atoms with van der Waals surface area (Å²) in [5.41, 5.74) is -0.381. The Morgan fingerprint density at radius 3 is 2.62 bits per heavy atom. The summed E-state index contributed by atoms with van der Waals surface area (Å²) in [6.45, 7) is 3.91. The first-order chi connectivity index (χ1) is 7.52. The van der Waals surface area contributed by atoms with E-state index in [2.05, 4.69) is 0 Å². The molecular formula is C11H18O5. The van der Waals surface area contributed by atoms with E-state index in [-0.39, 0.29) is 36.6 Å². The second-order valence-corrected chi connectivity index (χ2v) is 5.28. The zero-order valence-electron chi connectivity index (χ0n) is 9.80. The van der Waals surface area contributed by atoms with Crippen LogP contribution in [0, 0.1) is 5.92 Å². The Balaban J connectivity index is 1.85. The van der Waals surface area contributed by atoms with Crippen molar-refractivity contribution < 1.29 is 24.1 Å². The SMILES string of the molecule is CO[C@@H]1O[C@@]2(C[C@H]2CO)[C@@H]2OC(C)(C)OC12. The summed E-state index contributed by atoms with van der Waals surface area (Å²) in [6, 6.07) is 0. The maximum atomic E-state index is 9.22. The van der Waals surface area contributed by atoms with E-state index < -0.39 is 5.79 Å². The number of rotatable bonds is 2. The Kier molecular flexibility index (Phi) is 2.17. The lowest BCUT2D eigenvalue weighted by atomic mass is 10.1. The summed E-state index contributed by atoms with van der Waals surface area (Å²) < 4.78 is 22.8. The van der Waals surface area contributed by atoms with Crippen LogP contribution in [0.15, 0.2) is 0 Å². The quantitative estimate of drug-likeness (QED) is 0.737. The molecule has 5 nitrogen and oxygen atoms in total. The molecule has 1 saturated carbocycles. The predicted octanol–water partition coefficient (Wildman–Crippen LogP) is 0.260. The van der Waals surface area contributed by atoms with E-state index in [4.69, 9.17) is 18.9 Å². The zero-order chi connectivity index (χ0) is 11.6. The minimum Gasteiger partial charge on any atom is -0.396 e. The fourth-order valence-corrected chi connectivity index (χ4v) is 2.94. The Morgan fingerprint density at radius 2 is 2.06 bits per heavy atom. The summed E-state index contributed by atoms with van der Waals surface area (Å²) in [7, 11) is 1.60. The average molecular weight is 230 g/mol. The predicted molar refractivity (Wildman–Crippen MR) is 53.6 cm³/mol. The molecular weight excluding hydrogens is 212 g/mol. The summed E-state index contributed by atoms with van der Waals surface area (Å²) in [6.07, 6.45) is 0.133. The Labute approximate surface area is 94.6 Å². The van der Waals surface area contributed by atoms with Gasteiger partial charge in [0.05, 0.1) is 0 Å². The number of hydrogen-bond acceptors (Lipinski definition) is 5. The molecule has 0 radical (unpaired) electrons. The van der Waals surface area contributed by atoms with Gasteiger partial charge in [0.1, 0.15) is 17.8 Å². The largest absolute Gasteiger partial charge is 0.396 e. The molecule has 92 valence electrons. The molecule has 0 amide bonds. The molecule has 5 heteroatoms. The molecule has 2 aliphatic heterocycles. The molecule has 3 rings (SSSR count). The third kappa shape index (κ3) is 1.29. The van der Waals surface area contributed by atoms with Crippen molar-refractivity contribution >= 4 is 0 Å². The summed E-state index contributed by atoms with van der Waals surface area (Å²) in [5.74, 6) is -0.441. The average Bonchev–Trinajstić information content (AvgIpc) is 2.75. The molecule has 1 unspecified atom stereocenters. The number of methoxy groups -OCH3 is 1. The van der Waals surface area contributed by atoms with Gasteiger partial charge in [0.2, 0.25) is 0 Å². The summed E-state index contributed by atoms with van der Waals surface area (Å²) in [4.78, 5) is 0. The molecule has 0 aromatic carbocycles. The highest BCUT2D eigenvalue weighted by Gasteiger charge is 2.73. The number of hydrogen-bond donors (Lipinski definition) is 1. The van der Waals surface area contributed by atoms with Crippen LogP contribution in [0.1, 0.15) is 20.3 Å². The first-order valence-electron chi connectivity index (χ1n) is 5.69. The van der Waals surface area contributed by atoms with E-state index in [1.54, 1.807) is 7.11 Å². The van der Waals surface area contributed by atoms with Crippen LogP contribution in [0.25, 0.3) is 0 Å². The Bertz CT molecular complexity index is 305. The second-order valence-electron chi connectivity index (χ2n) is 5.28. The van der Waals surface area contributed by atoms with Gasteiger partial charge in [-0.3, -0.25) is 0 Å². The molecule has 0 aromatic rings. The monoisotopic (exact) mass is 230 g/mol. The first kappa shape index (κ1) is 10.9. The fraction of sp³-hybridized carbons (Fsp3) is 1.00. The van der Waals surface area contributed by atoms with E-state index in [1.165, 1.54) is 0 Å². The molecule has 16 heavy (non-hydrogen) atoms. The Hall–Kier alpha value is -0.200. The molecule has 0 bridgehead atoms. The van der Waals surface area contributed by atoms with Crippen molar-refractivity contribution in [2.45, 2.75) is 50.2 Å². The maximum Gasteiger partial charge on any atom is 0.186 e. The number of ether oxygens (including phenoxy) is 4. The van der Waals surface area contributed by atoms with E-state index in [0.717, 1.165) is 6.42 Å². The Morgan fingerprint density at radius 1 is 1.31 bits per heavy atom. The smallest absolute Gasteiger partial charge is 0.186 e. The van der Waals surface area contributed by atoms with Crippen LogP contribution < -0.4 is 0 Å². The van der Waals surface area contributed by atoms with E-state index >= 15 is 0 Å². The van der Waals surface area contributed by atoms with Gasteiger partial charge in [-0.1, -0.05) is 0 Å². The van der Waals surface area contributed by atoms with Crippen molar-refractivity contribution in [3.63, 3.8) is 0 Å². The van der Waals surface area contributed by atoms with Crippen LogP contribution in [-0.4, -0.2) is 48.7 Å². The van der Waals surface area contributed by atoms with Gasteiger partial charge in [0.15, 0.2) is 12.1 Å². The minimum atomic E-state index is -0.592. The molecule has 1 aliphatic carbocycles. The zero-order valence-corrected chi connectivity index (χ0v) is 9.80. The minimum absolute atomic E-state index is 0.121. The molecule has 2 saturated heterocycles. The van der Waals surface area contributed by atoms with Crippen LogP contribution in [-0.2, 0) is 18.9 Å². The van der Waals surface area contributed by atoms with Crippen molar-refractivity contribution in [3.05, 3.63) is 0 Å². The lowest BCUT2D eigenvalue weighted by Crippen LogP contribution is -2.33. The van der Waals surface area contributed by atoms with Crippen molar-refractivity contribution in [1.82, 2.24) is 0 Å². The highest BCUT2D eigenvalue weighted by atomic mass is 16.8. The van der Waals surface area contributed by atoms with Gasteiger partial charge in [0.25, 0.3) is 0 Å². The van der Waals surface area contributed by atoms with E-state index in [1.807, 2.05) is 13.8 Å². The van der Waals surface area contributed by atoms with Gasteiger partial charge in [-0.25, -0.2) is 0 Å². The lowest BCUT2D eigenvalue weighted by molar-refractivity contribution is -0.235. The maximum absolute atomic E-state index is 9.22. The highest BCUT2D eigenvalue weighted by molar-refractivity contribution is 5.18. The normalized spacial score (nSPS) is 53.2. The second kappa shape index (κ2) is 3.17. The standard InChI is InChI=1S/C11H18O5/c1-10(2)14-7-8(15-10)11(4-6(11)5-12)16-9(7)13-3/h6-9,12H,4-5H2,1-3H3/t6-,7?,8+,9+,11+/m0/s1. The summed E-state index contributed by atoms with van der Waals surface area (Å²) >= 11 is 0. The lowest BCUT2D eigenvalue weighted by Gasteiger charge is -2.23. The van der Waals surface area contributed by atoms with Crippen LogP contribution in [0.5, 0.6) is 0 Å². The summed E-state index contributed by atoms with van der Waals surface area (Å²) in [5, 5.41) is 9.22. The molecule has 2 heterocycles. The van der Waals surface area contributed by atoms with Gasteiger partial charge in [-0.15, -0.1) is 0 Å². The van der Waals surface area contributed by atoms with Gasteiger partial charge in [-0.2, -0.15) is 0 Å². The van der Waals surface area contributed by atoms with Crippen LogP contribution in [0.2, 0.25) is 0 Å². The van der Waals surface area contributed by atoms with Gasteiger partial charge in [-0.05, 0) is 20.3 Å². The topological polar surface area (TPSA) is 57.2 Å². The molecule has 3 aliphatic rings. The molecule has 0 aromatic heterocycles. The van der Waals surface area contributed by atoms with E-state index in [9.17, 15) is 5.11 Å². The van der Waals surface area contributed by atoms with Gasteiger partial charge >= 0.3 is 0 Å². The number of aliphatic hydroxyl groups excluding tert-OH is 1. The molecule has 1 N–H and O–H groups in total. The molecule has 3 fully saturated rings. The van der Waals surface area contributed by atoms with Crippen molar-refractivity contribution in [2.24, 2.45) is 5.92 Å². The van der Waals surface area contributed by atoms with Crippen molar-refractivity contribution in [3.8, 4) is 0 Å². The van der Waals surface area contributed by atoms with Gasteiger partial charge < -0.3 is 24.1 Å². The fourth-order valence-electron chi connectivity index (χ4n) is 2.94. The number of aliphatic hydroxyl groups is 1. The van der Waals surface area contributed by atoms with Crippen molar-refractivity contribution in [1.29, 1.82) is 0 Å². The first-order valence-corrected chi connectivity index (χ1v) is 5.69. The van der Waals surface area contributed by atoms with Crippen LogP contribution >= 0.6 is 0 Å². The van der Waals surface area contributed by atoms with Gasteiger partial charge in [0, 0.05) is 19.6 Å². The molecule has 5 atom stereocenters. The van der Waals surface area contributed by atoms with Crippen LogP contribution in [0.3, 0.4) is 0 Å². The number of fused-ring (bicyclic) bond motifs is 2. The third-order valence-electron chi connectivity index (χ3n) is 3.76.